The van der Waals surface area contributed by atoms with Crippen molar-refractivity contribution in [2.75, 3.05) is 6.54 Å². The van der Waals surface area contributed by atoms with Crippen molar-refractivity contribution in [2.24, 2.45) is 0 Å². The van der Waals surface area contributed by atoms with Crippen molar-refractivity contribution in [3.8, 4) is 0 Å². The molecule has 0 aromatic heterocycles. The Balaban J connectivity index is 2.55. The summed E-state index contributed by atoms with van der Waals surface area (Å²) in [7, 11) is 5.05. The van der Waals surface area contributed by atoms with Crippen LogP contribution in [0.3, 0.4) is 0 Å². The third kappa shape index (κ3) is 5.75. The fourth-order valence-electron chi connectivity index (χ4n) is 1.85. The lowest BCUT2D eigenvalue weighted by Crippen LogP contribution is -2.25. The SMILES string of the molecule is BBNCc1cccc(CN(B)CC(C)=O)c1. The van der Waals surface area contributed by atoms with E-state index in [1.165, 1.54) is 11.1 Å². The lowest BCUT2D eigenvalue weighted by molar-refractivity contribution is -0.117. The van der Waals surface area contributed by atoms with Gasteiger partial charge < -0.3 is 10.0 Å². The minimum Gasteiger partial charge on any atom is -0.362 e. The van der Waals surface area contributed by atoms with Crippen LogP contribution in [0, 0.1) is 0 Å². The van der Waals surface area contributed by atoms with Gasteiger partial charge in [0, 0.05) is 19.6 Å². The van der Waals surface area contributed by atoms with E-state index in [2.05, 4.69) is 37.2 Å². The van der Waals surface area contributed by atoms with Gasteiger partial charge in [-0.25, -0.2) is 0 Å². The highest BCUT2D eigenvalue weighted by molar-refractivity contribution is 6.87. The number of nitrogens with zero attached hydrogens (tertiary/aromatic N) is 1. The Morgan fingerprint density at radius 1 is 1.47 bits per heavy atom. The molecule has 6 heteroatoms. The van der Waals surface area contributed by atoms with E-state index in [-0.39, 0.29) is 5.78 Å². The summed E-state index contributed by atoms with van der Waals surface area (Å²) < 4.78 is 0. The summed E-state index contributed by atoms with van der Waals surface area (Å²) in [6.45, 7) is 3.86. The number of hydrogen-bond acceptors (Lipinski definition) is 3. The van der Waals surface area contributed by atoms with Crippen molar-refractivity contribution < 1.29 is 4.79 Å². The molecule has 1 rings (SSSR count). The molecule has 0 spiro atoms. The molecule has 0 heterocycles. The second-order valence-electron chi connectivity index (χ2n) is 4.47. The summed E-state index contributed by atoms with van der Waals surface area (Å²) in [4.78, 5) is 13.0. The summed E-state index contributed by atoms with van der Waals surface area (Å²) in [6, 6.07) is 8.49. The van der Waals surface area contributed by atoms with Gasteiger partial charge in [-0.15, -0.1) is 0 Å². The number of carbonyl (C=O) groups is 1. The highest BCUT2D eigenvalue weighted by Crippen LogP contribution is 2.07. The highest BCUT2D eigenvalue weighted by Gasteiger charge is 2.03. The fourth-order valence-corrected chi connectivity index (χ4v) is 1.85. The number of Topliss-reactive ketones (excluding diaryl/α,β-unsaturated/α-hetero) is 1. The maximum absolute atomic E-state index is 11.0. The summed E-state index contributed by atoms with van der Waals surface area (Å²) in [5, 5.41) is 3.31. The van der Waals surface area contributed by atoms with Crippen LogP contribution in [-0.2, 0) is 17.9 Å². The zero-order valence-corrected chi connectivity index (χ0v) is 11.0. The summed E-state index contributed by atoms with van der Waals surface area (Å²) in [6.07, 6.45) is 0. The monoisotopic (exact) mass is 228 g/mol. The summed E-state index contributed by atoms with van der Waals surface area (Å²) in [5.74, 6) is 0.205. The quantitative estimate of drug-likeness (QED) is 0.583. The Morgan fingerprint density at radius 2 is 2.18 bits per heavy atom. The van der Waals surface area contributed by atoms with Gasteiger partial charge in [-0.05, 0) is 18.1 Å². The Kier molecular flexibility index (Phi) is 6.09. The molecule has 0 saturated carbocycles. The van der Waals surface area contributed by atoms with Gasteiger partial charge in [0.2, 0.25) is 0 Å². The second kappa shape index (κ2) is 7.35. The molecule has 1 aromatic carbocycles. The predicted molar refractivity (Wildman–Crippen MR) is 78.6 cm³/mol. The van der Waals surface area contributed by atoms with Gasteiger partial charge in [-0.1, -0.05) is 24.3 Å². The van der Waals surface area contributed by atoms with Crippen LogP contribution in [-0.4, -0.2) is 40.2 Å². The molecule has 1 aromatic rings. The Labute approximate surface area is 106 Å². The van der Waals surface area contributed by atoms with Crippen molar-refractivity contribution in [2.45, 2.75) is 20.0 Å². The fraction of sp³-hybridized carbons (Fsp3) is 0.364. The first kappa shape index (κ1) is 14.1. The van der Waals surface area contributed by atoms with Crippen LogP contribution in [0.15, 0.2) is 24.3 Å². The second-order valence-corrected chi connectivity index (χ2v) is 4.47. The van der Waals surface area contributed by atoms with E-state index in [1.807, 2.05) is 12.8 Å². The minimum absolute atomic E-state index is 0.205. The van der Waals surface area contributed by atoms with Crippen LogP contribution in [0.2, 0.25) is 0 Å². The molecule has 0 aliphatic carbocycles. The minimum atomic E-state index is 0.205. The van der Waals surface area contributed by atoms with E-state index in [0.717, 1.165) is 20.4 Å². The molecule has 0 fully saturated rings. The van der Waals surface area contributed by atoms with Crippen molar-refractivity contribution >= 4 is 28.8 Å². The molecule has 0 atom stereocenters. The standard InChI is InChI=1S/C11H19B3N2O/c1-9(17)7-16(13)8-11-4-2-3-10(5-11)6-15-14-12/h2-5,14-15H,6-8,12-13H2,1H3. The van der Waals surface area contributed by atoms with Gasteiger partial charge in [0.15, 0.2) is 15.3 Å². The van der Waals surface area contributed by atoms with Crippen LogP contribution in [0.4, 0.5) is 0 Å². The first-order chi connectivity index (χ1) is 8.11. The molecule has 0 aliphatic heterocycles. The van der Waals surface area contributed by atoms with Crippen molar-refractivity contribution in [3.63, 3.8) is 0 Å². The van der Waals surface area contributed by atoms with Crippen LogP contribution in [0.5, 0.6) is 0 Å². The Hall–Kier alpha value is -0.995. The maximum atomic E-state index is 11.0. The Morgan fingerprint density at radius 3 is 2.82 bits per heavy atom. The molecule has 17 heavy (non-hydrogen) atoms. The van der Waals surface area contributed by atoms with Gasteiger partial charge in [0.1, 0.15) is 5.78 Å². The molecule has 0 saturated heterocycles. The average Bonchev–Trinajstić information content (AvgIpc) is 2.25. The highest BCUT2D eigenvalue weighted by atomic mass is 16.1. The number of carbonyl (C=O) groups excluding carboxylic acids is 1. The van der Waals surface area contributed by atoms with Gasteiger partial charge in [-0.2, -0.15) is 0 Å². The number of ketones is 1. The number of nitrogens with one attached hydrogen (secondary N) is 1. The van der Waals surface area contributed by atoms with Gasteiger partial charge >= 0.3 is 0 Å². The van der Waals surface area contributed by atoms with Crippen LogP contribution in [0.1, 0.15) is 18.1 Å². The molecule has 0 radical (unpaired) electrons. The van der Waals surface area contributed by atoms with Crippen LogP contribution in [0.25, 0.3) is 0 Å². The van der Waals surface area contributed by atoms with Gasteiger partial charge in [0.25, 0.3) is 0 Å². The molecule has 0 unspecified atom stereocenters. The molecule has 0 bridgehead atoms. The third-order valence-electron chi connectivity index (χ3n) is 2.52. The molecular formula is C11H19B3N2O. The largest absolute Gasteiger partial charge is 0.362 e. The Bertz CT molecular complexity index is 373. The molecule has 88 valence electrons. The number of benzene rings is 1. The van der Waals surface area contributed by atoms with E-state index in [4.69, 9.17) is 0 Å². The summed E-state index contributed by atoms with van der Waals surface area (Å²) >= 11 is 0. The van der Waals surface area contributed by atoms with Crippen LogP contribution < -0.4 is 5.23 Å². The molecule has 0 aliphatic rings. The lowest BCUT2D eigenvalue weighted by Gasteiger charge is -2.15. The smallest absolute Gasteiger partial charge is 0.186 e. The van der Waals surface area contributed by atoms with Gasteiger partial charge in [0.05, 0.1) is 7.74 Å². The van der Waals surface area contributed by atoms with E-state index in [1.54, 1.807) is 6.92 Å². The van der Waals surface area contributed by atoms with Crippen molar-refractivity contribution in [3.05, 3.63) is 35.4 Å². The molecule has 0 amide bonds. The van der Waals surface area contributed by atoms with E-state index < -0.39 is 0 Å². The zero-order chi connectivity index (χ0) is 12.7. The lowest BCUT2D eigenvalue weighted by atomic mass is 9.67. The van der Waals surface area contributed by atoms with Crippen molar-refractivity contribution in [1.82, 2.24) is 10.0 Å². The maximum Gasteiger partial charge on any atom is 0.186 e. The molecule has 1 N–H and O–H groups in total. The average molecular weight is 228 g/mol. The van der Waals surface area contributed by atoms with E-state index >= 15 is 0 Å². The summed E-state index contributed by atoms with van der Waals surface area (Å²) in [5.41, 5.74) is 2.55. The topological polar surface area (TPSA) is 32.3 Å². The predicted octanol–water partition coefficient (Wildman–Crippen LogP) is -1.39. The first-order valence-corrected chi connectivity index (χ1v) is 6.08. The van der Waals surface area contributed by atoms with E-state index in [0.29, 0.717) is 6.54 Å². The number of rotatable bonds is 7. The molecule has 3 nitrogen and oxygen atoms in total. The third-order valence-corrected chi connectivity index (χ3v) is 2.52. The molecular weight excluding hydrogens is 209 g/mol. The van der Waals surface area contributed by atoms with E-state index in [9.17, 15) is 4.79 Å². The van der Waals surface area contributed by atoms with Crippen molar-refractivity contribution in [1.29, 1.82) is 0 Å². The van der Waals surface area contributed by atoms with Crippen LogP contribution >= 0.6 is 0 Å². The normalized spacial score (nSPS) is 10.5. The van der Waals surface area contributed by atoms with Gasteiger partial charge in [-0.3, -0.25) is 4.79 Å². The first-order valence-electron chi connectivity index (χ1n) is 6.08. The number of hydrogen-bond donors (Lipinski definition) is 1. The zero-order valence-electron chi connectivity index (χ0n) is 11.0.